The van der Waals surface area contributed by atoms with Crippen LogP contribution in [-0.2, 0) is 23.9 Å². The molecule has 0 aromatic carbocycles. The Morgan fingerprint density at radius 2 is 2.11 bits per heavy atom. The summed E-state index contributed by atoms with van der Waals surface area (Å²) in [4.78, 5) is 2.25. The van der Waals surface area contributed by atoms with Gasteiger partial charge in [0.2, 0.25) is 0 Å². The summed E-state index contributed by atoms with van der Waals surface area (Å²) in [6, 6.07) is 0.594. The first-order valence-corrected chi connectivity index (χ1v) is 9.68. The second kappa shape index (κ2) is 9.64. The number of nitrogens with one attached hydrogen (secondary N) is 1. The molecule has 0 amide bonds. The third-order valence-electron chi connectivity index (χ3n) is 5.00. The van der Waals surface area contributed by atoms with Crippen LogP contribution in [0.15, 0.2) is 11.9 Å². The molecule has 1 saturated carbocycles. The zero-order valence-corrected chi connectivity index (χ0v) is 16.8. The topological polar surface area (TPSA) is 29.4 Å². The van der Waals surface area contributed by atoms with Crippen molar-refractivity contribution in [1.29, 1.82) is 0 Å². The van der Waals surface area contributed by atoms with Crippen LogP contribution in [0.4, 0.5) is 13.2 Å². The van der Waals surface area contributed by atoms with Gasteiger partial charge in [0.25, 0.3) is 0 Å². The molecule has 1 aliphatic carbocycles. The van der Waals surface area contributed by atoms with Gasteiger partial charge in [-0.2, -0.15) is 13.2 Å². The molecule has 1 fully saturated rings. The number of hydrogen-bond acceptors (Lipinski definition) is 3. The third-order valence-corrected chi connectivity index (χ3v) is 5.00. The molecule has 0 unspecified atom stereocenters. The lowest BCUT2D eigenvalue weighted by Gasteiger charge is -2.19. The number of nitrogens with zero attached hydrogens (tertiary/aromatic N) is 2. The van der Waals surface area contributed by atoms with Gasteiger partial charge in [-0.3, -0.25) is 4.90 Å². The molecule has 0 bridgehead atoms. The Kier molecular flexibility index (Phi) is 7.79. The van der Waals surface area contributed by atoms with Crippen LogP contribution in [0.3, 0.4) is 0 Å². The van der Waals surface area contributed by atoms with Gasteiger partial charge in [0.15, 0.2) is 0 Å². The van der Waals surface area contributed by atoms with E-state index in [9.17, 15) is 13.2 Å². The molecule has 0 radical (unpaired) electrons. The minimum absolute atomic E-state index is 0.393. The van der Waals surface area contributed by atoms with Crippen molar-refractivity contribution in [3.8, 4) is 0 Å². The van der Waals surface area contributed by atoms with Crippen molar-refractivity contribution in [3.05, 3.63) is 28.7 Å². The van der Waals surface area contributed by atoms with Crippen LogP contribution in [0, 0.1) is 0 Å². The molecule has 2 rings (SSSR count). The standard InChI is InChI=1S/C20H32F3N3O/c1-5-7-17-18(20(21,22)23)14-26(10-6-11-27-4)19(17)12-15(24-2)13-25(3)16-8-9-16/h12,14,16,24H,5-11,13H2,1-4H3/b15-12-. The number of methoxy groups -OCH3 is 1. The molecule has 27 heavy (non-hydrogen) atoms. The van der Waals surface area contributed by atoms with Gasteiger partial charge < -0.3 is 14.6 Å². The van der Waals surface area contributed by atoms with Crippen LogP contribution < -0.4 is 5.32 Å². The van der Waals surface area contributed by atoms with Crippen molar-refractivity contribution in [3.63, 3.8) is 0 Å². The van der Waals surface area contributed by atoms with E-state index in [1.807, 2.05) is 20.0 Å². The van der Waals surface area contributed by atoms with E-state index in [0.717, 1.165) is 5.70 Å². The number of aryl methyl sites for hydroxylation is 1. The highest BCUT2D eigenvalue weighted by Gasteiger charge is 2.36. The molecule has 0 spiro atoms. The normalized spacial score (nSPS) is 15.6. The Labute approximate surface area is 160 Å². The third kappa shape index (κ3) is 6.01. The number of likely N-dealkylation sites (N-methyl/N-ethyl adjacent to an activating group) is 2. The Morgan fingerprint density at radius 1 is 1.41 bits per heavy atom. The van der Waals surface area contributed by atoms with Gasteiger partial charge >= 0.3 is 6.18 Å². The largest absolute Gasteiger partial charge is 0.418 e. The molecule has 7 heteroatoms. The van der Waals surface area contributed by atoms with Gasteiger partial charge in [0.1, 0.15) is 0 Å². The summed E-state index contributed by atoms with van der Waals surface area (Å²) in [6.07, 6.45) is 2.96. The monoisotopic (exact) mass is 387 g/mol. The zero-order valence-electron chi connectivity index (χ0n) is 16.8. The molecule has 154 valence electrons. The molecule has 0 atom stereocenters. The van der Waals surface area contributed by atoms with Gasteiger partial charge in [0, 0.05) is 57.5 Å². The minimum Gasteiger partial charge on any atom is -0.390 e. The Hall–Kier alpha value is -1.47. The van der Waals surface area contributed by atoms with Gasteiger partial charge in [-0.25, -0.2) is 0 Å². The van der Waals surface area contributed by atoms with Crippen LogP contribution in [-0.4, -0.2) is 49.9 Å². The quantitative estimate of drug-likeness (QED) is 0.579. The van der Waals surface area contributed by atoms with Gasteiger partial charge in [-0.1, -0.05) is 13.3 Å². The summed E-state index contributed by atoms with van der Waals surface area (Å²) >= 11 is 0. The Bertz CT molecular complexity index is 633. The minimum atomic E-state index is -4.34. The first-order valence-electron chi connectivity index (χ1n) is 9.68. The smallest absolute Gasteiger partial charge is 0.390 e. The van der Waals surface area contributed by atoms with E-state index in [4.69, 9.17) is 4.74 Å². The first-order chi connectivity index (χ1) is 12.8. The summed E-state index contributed by atoms with van der Waals surface area (Å²) in [7, 11) is 5.50. The molecular weight excluding hydrogens is 355 g/mol. The number of aromatic nitrogens is 1. The molecular formula is C20H32F3N3O. The summed E-state index contributed by atoms with van der Waals surface area (Å²) in [5, 5.41) is 3.18. The molecule has 1 N–H and O–H groups in total. The van der Waals surface area contributed by atoms with E-state index in [1.165, 1.54) is 19.0 Å². The number of alkyl halides is 3. The van der Waals surface area contributed by atoms with Crippen LogP contribution in [0.5, 0.6) is 0 Å². The highest BCUT2D eigenvalue weighted by atomic mass is 19.4. The van der Waals surface area contributed by atoms with Crippen molar-refractivity contribution in [1.82, 2.24) is 14.8 Å². The van der Waals surface area contributed by atoms with Crippen molar-refractivity contribution in [2.75, 3.05) is 34.4 Å². The zero-order chi connectivity index (χ0) is 20.0. The lowest BCUT2D eigenvalue weighted by molar-refractivity contribution is -0.138. The molecule has 1 aromatic heterocycles. The highest BCUT2D eigenvalue weighted by molar-refractivity contribution is 5.57. The van der Waals surface area contributed by atoms with E-state index >= 15 is 0 Å². The van der Waals surface area contributed by atoms with E-state index in [1.54, 1.807) is 11.7 Å². The molecule has 0 saturated heterocycles. The number of halogens is 3. The summed E-state index contributed by atoms with van der Waals surface area (Å²) < 4.78 is 47.7. The predicted octanol–water partition coefficient (Wildman–Crippen LogP) is 4.15. The van der Waals surface area contributed by atoms with Gasteiger partial charge in [0.05, 0.1) is 5.56 Å². The van der Waals surface area contributed by atoms with Crippen LogP contribution in [0.2, 0.25) is 0 Å². The van der Waals surface area contributed by atoms with E-state index in [0.29, 0.717) is 56.3 Å². The molecule has 1 heterocycles. The SMILES string of the molecule is CCCc1c(C(F)(F)F)cn(CCCOC)c1/C=C(/CN(C)C1CC1)NC. The fraction of sp³-hybridized carbons (Fsp3) is 0.700. The lowest BCUT2D eigenvalue weighted by Crippen LogP contribution is -2.27. The molecule has 4 nitrogen and oxygen atoms in total. The summed E-state index contributed by atoms with van der Waals surface area (Å²) in [6.45, 7) is 3.64. The van der Waals surface area contributed by atoms with Crippen LogP contribution in [0.25, 0.3) is 6.08 Å². The van der Waals surface area contributed by atoms with E-state index in [2.05, 4.69) is 17.3 Å². The lowest BCUT2D eigenvalue weighted by atomic mass is 10.0. The maximum Gasteiger partial charge on any atom is 0.418 e. The Balaban J connectivity index is 2.41. The second-order valence-electron chi connectivity index (χ2n) is 7.26. The van der Waals surface area contributed by atoms with Gasteiger partial charge in [-0.05, 0) is 44.4 Å². The maximum atomic E-state index is 13.6. The summed E-state index contributed by atoms with van der Waals surface area (Å²) in [5.41, 5.74) is 1.47. The van der Waals surface area contributed by atoms with E-state index in [-0.39, 0.29) is 0 Å². The average molecular weight is 387 g/mol. The number of hydrogen-bond donors (Lipinski definition) is 1. The van der Waals surface area contributed by atoms with Crippen LogP contribution in [0.1, 0.15) is 49.4 Å². The fourth-order valence-corrected chi connectivity index (χ4v) is 3.38. The van der Waals surface area contributed by atoms with E-state index < -0.39 is 11.7 Å². The van der Waals surface area contributed by atoms with Crippen molar-refractivity contribution >= 4 is 6.08 Å². The van der Waals surface area contributed by atoms with Gasteiger partial charge in [-0.15, -0.1) is 0 Å². The molecule has 1 aromatic rings. The first kappa shape index (κ1) is 21.8. The molecule has 1 aliphatic rings. The fourth-order valence-electron chi connectivity index (χ4n) is 3.38. The average Bonchev–Trinajstić information content (AvgIpc) is 3.40. The molecule has 0 aliphatic heterocycles. The number of ether oxygens (including phenoxy) is 1. The maximum absolute atomic E-state index is 13.6. The predicted molar refractivity (Wildman–Crippen MR) is 103 cm³/mol. The second-order valence-corrected chi connectivity index (χ2v) is 7.26. The number of rotatable bonds is 11. The van der Waals surface area contributed by atoms with Crippen molar-refractivity contribution < 1.29 is 17.9 Å². The van der Waals surface area contributed by atoms with Crippen molar-refractivity contribution in [2.45, 2.75) is 57.8 Å². The highest BCUT2D eigenvalue weighted by Crippen LogP contribution is 2.36. The summed E-state index contributed by atoms with van der Waals surface area (Å²) in [5.74, 6) is 0. The Morgan fingerprint density at radius 3 is 2.63 bits per heavy atom. The van der Waals surface area contributed by atoms with Crippen LogP contribution >= 0.6 is 0 Å². The van der Waals surface area contributed by atoms with Crippen molar-refractivity contribution in [2.24, 2.45) is 0 Å².